The maximum atomic E-state index is 15.0. The maximum absolute atomic E-state index is 15.0. The van der Waals surface area contributed by atoms with Gasteiger partial charge in [0.1, 0.15) is 18.0 Å². The van der Waals surface area contributed by atoms with Gasteiger partial charge < -0.3 is 20.1 Å². The second kappa shape index (κ2) is 5.16. The van der Waals surface area contributed by atoms with Crippen molar-refractivity contribution >= 4 is 11.9 Å². The third-order valence-corrected chi connectivity index (χ3v) is 4.30. The number of carbonyl (C=O) groups is 1. The van der Waals surface area contributed by atoms with Crippen molar-refractivity contribution in [2.24, 2.45) is 5.41 Å². The van der Waals surface area contributed by atoms with Crippen LogP contribution in [0.3, 0.4) is 0 Å². The Balaban J connectivity index is 2.31. The monoisotopic (exact) mass is 305 g/mol. The minimum Gasteiger partial charge on any atom is -0.394 e. The second-order valence-corrected chi connectivity index (χ2v) is 5.69. The van der Waals surface area contributed by atoms with Crippen LogP contribution < -0.4 is 5.32 Å². The molecule has 0 bridgehead atoms. The Bertz CT molecular complexity index is 464. The predicted octanol–water partition coefficient (Wildman–Crippen LogP) is -0.859. The van der Waals surface area contributed by atoms with Crippen LogP contribution in [-0.2, 0) is 4.74 Å². The molecule has 9 heteroatoms. The second-order valence-electron chi connectivity index (χ2n) is 5.69. The van der Waals surface area contributed by atoms with Crippen LogP contribution in [0.5, 0.6) is 0 Å². The largest absolute Gasteiger partial charge is 0.394 e. The lowest BCUT2D eigenvalue weighted by atomic mass is 9.83. The van der Waals surface area contributed by atoms with Crippen LogP contribution in [0.25, 0.3) is 0 Å². The van der Waals surface area contributed by atoms with Gasteiger partial charge in [0.2, 0.25) is 0 Å². The maximum Gasteiger partial charge on any atom is 0.327 e. The number of hydrogen-bond donors (Lipinski definition) is 5. The van der Waals surface area contributed by atoms with Gasteiger partial charge >= 0.3 is 12.0 Å². The summed E-state index contributed by atoms with van der Waals surface area (Å²) in [4.78, 5) is 12.6. The minimum absolute atomic E-state index is 0.0402. The highest BCUT2D eigenvalue weighted by atomic mass is 19.2. The average molecular weight is 305 g/mol. The van der Waals surface area contributed by atoms with Crippen molar-refractivity contribution in [1.29, 1.82) is 5.41 Å². The first-order valence-corrected chi connectivity index (χ1v) is 6.71. The van der Waals surface area contributed by atoms with E-state index in [9.17, 15) is 19.4 Å². The molecular formula is C12H20FN3O5. The van der Waals surface area contributed by atoms with E-state index in [0.29, 0.717) is 11.3 Å². The lowest BCUT2D eigenvalue weighted by molar-refractivity contribution is -0.255. The molecule has 2 fully saturated rings. The zero-order chi connectivity index (χ0) is 16.0. The Morgan fingerprint density at radius 3 is 2.67 bits per heavy atom. The van der Waals surface area contributed by atoms with Gasteiger partial charge in [-0.05, 0) is 6.42 Å². The molecule has 0 saturated carbocycles. The Morgan fingerprint density at radius 1 is 1.57 bits per heavy atom. The Hall–Kier alpha value is -1.29. The molecular weight excluding hydrogens is 285 g/mol. The van der Waals surface area contributed by atoms with Crippen molar-refractivity contribution in [3.8, 4) is 0 Å². The number of urea groups is 1. The van der Waals surface area contributed by atoms with Gasteiger partial charge in [-0.2, -0.15) is 4.39 Å². The molecule has 2 saturated heterocycles. The normalized spacial score (nSPS) is 44.1. The summed E-state index contributed by atoms with van der Waals surface area (Å²) in [5.41, 5.74) is -0.821. The smallest absolute Gasteiger partial charge is 0.327 e. The zero-order valence-corrected chi connectivity index (χ0v) is 11.8. The van der Waals surface area contributed by atoms with Crippen LogP contribution in [0.2, 0.25) is 0 Å². The standard InChI is InChI=1S/C12H20FN3O5/c1-3-11(2)5-16(10(20)15-9(11)14)12(13)8(19)7(18)6(4-17)21-12/h6-8,17-19H,3-5H2,1-2H3,(H2,14,15,20)/t6-,7-,8-,11?,12+/m1/s1. The Labute approximate surface area is 121 Å². The highest BCUT2D eigenvalue weighted by Crippen LogP contribution is 2.39. The molecule has 0 aromatic heterocycles. The SMILES string of the molecule is CCC1(C)CN([C@]2(F)O[C@H](CO)[C@@H](O)[C@H]2O)C(=O)NC1=N. The van der Waals surface area contributed by atoms with Crippen molar-refractivity contribution < 1.29 is 29.2 Å². The van der Waals surface area contributed by atoms with Gasteiger partial charge in [-0.25, -0.2) is 4.79 Å². The number of ether oxygens (including phenoxy) is 1. The summed E-state index contributed by atoms with van der Waals surface area (Å²) in [6.07, 6.45) is -4.52. The summed E-state index contributed by atoms with van der Waals surface area (Å²) in [5.74, 6) is -2.99. The molecule has 0 aromatic carbocycles. The van der Waals surface area contributed by atoms with Crippen LogP contribution in [0.15, 0.2) is 0 Å². The summed E-state index contributed by atoms with van der Waals surface area (Å²) < 4.78 is 19.9. The van der Waals surface area contributed by atoms with Crippen LogP contribution in [0.1, 0.15) is 20.3 Å². The number of amides is 2. The molecule has 2 aliphatic heterocycles. The molecule has 0 radical (unpaired) electrons. The van der Waals surface area contributed by atoms with Crippen molar-refractivity contribution in [3.63, 3.8) is 0 Å². The molecule has 120 valence electrons. The number of aliphatic hydroxyl groups is 3. The average Bonchev–Trinajstić information content (AvgIpc) is 2.68. The molecule has 0 aromatic rings. The van der Waals surface area contributed by atoms with Crippen LogP contribution >= 0.6 is 0 Å². The molecule has 2 heterocycles. The summed E-state index contributed by atoms with van der Waals surface area (Å²) in [6, 6.07) is -0.932. The highest BCUT2D eigenvalue weighted by molar-refractivity contribution is 6.01. The first kappa shape index (κ1) is 16.1. The third kappa shape index (κ3) is 2.30. The quantitative estimate of drug-likeness (QED) is 0.434. The van der Waals surface area contributed by atoms with E-state index in [0.717, 1.165) is 0 Å². The topological polar surface area (TPSA) is 126 Å². The van der Waals surface area contributed by atoms with Crippen molar-refractivity contribution in [2.75, 3.05) is 13.2 Å². The summed E-state index contributed by atoms with van der Waals surface area (Å²) >= 11 is 0. The molecule has 5 atom stereocenters. The molecule has 0 aliphatic carbocycles. The summed E-state index contributed by atoms with van der Waals surface area (Å²) in [7, 11) is 0. The van der Waals surface area contributed by atoms with E-state index in [2.05, 4.69) is 5.32 Å². The van der Waals surface area contributed by atoms with Gasteiger partial charge in [0.15, 0.2) is 6.10 Å². The van der Waals surface area contributed by atoms with Crippen LogP contribution in [0, 0.1) is 10.8 Å². The lowest BCUT2D eigenvalue weighted by Gasteiger charge is -2.45. The molecule has 2 aliphatic rings. The number of alkyl halides is 1. The van der Waals surface area contributed by atoms with Crippen LogP contribution in [-0.4, -0.2) is 69.5 Å². The number of nitrogens with one attached hydrogen (secondary N) is 2. The van der Waals surface area contributed by atoms with Crippen LogP contribution in [0.4, 0.5) is 9.18 Å². The number of aliphatic hydroxyl groups excluding tert-OH is 3. The molecule has 5 N–H and O–H groups in total. The van der Waals surface area contributed by atoms with E-state index >= 15 is 0 Å². The number of rotatable bonds is 3. The zero-order valence-electron chi connectivity index (χ0n) is 11.8. The lowest BCUT2D eigenvalue weighted by Crippen LogP contribution is -2.67. The van der Waals surface area contributed by atoms with Gasteiger partial charge in [0, 0.05) is 12.0 Å². The molecule has 1 unspecified atom stereocenters. The van der Waals surface area contributed by atoms with Gasteiger partial charge in [0.05, 0.1) is 6.61 Å². The van der Waals surface area contributed by atoms with E-state index in [1.807, 2.05) is 0 Å². The third-order valence-electron chi connectivity index (χ3n) is 4.30. The number of hydrogen-bond acceptors (Lipinski definition) is 6. The number of amidine groups is 1. The van der Waals surface area contributed by atoms with Crippen molar-refractivity contribution in [3.05, 3.63) is 0 Å². The fourth-order valence-corrected chi connectivity index (χ4v) is 2.49. The van der Waals surface area contributed by atoms with Gasteiger partial charge in [-0.15, -0.1) is 0 Å². The van der Waals surface area contributed by atoms with E-state index in [4.69, 9.17) is 15.3 Å². The fourth-order valence-electron chi connectivity index (χ4n) is 2.49. The predicted molar refractivity (Wildman–Crippen MR) is 69.2 cm³/mol. The van der Waals surface area contributed by atoms with Gasteiger partial charge in [0.25, 0.3) is 0 Å². The van der Waals surface area contributed by atoms with Gasteiger partial charge in [-0.3, -0.25) is 15.6 Å². The number of nitrogens with zero attached hydrogens (tertiary/aromatic N) is 1. The molecule has 0 spiro atoms. The summed E-state index contributed by atoms with van der Waals surface area (Å²) in [6.45, 7) is 2.58. The highest BCUT2D eigenvalue weighted by Gasteiger charge is 2.62. The molecule has 2 amide bonds. The summed E-state index contributed by atoms with van der Waals surface area (Å²) in [5, 5.41) is 38.6. The van der Waals surface area contributed by atoms with Crippen molar-refractivity contribution in [2.45, 2.75) is 44.6 Å². The van der Waals surface area contributed by atoms with E-state index in [1.165, 1.54) is 0 Å². The molecule has 21 heavy (non-hydrogen) atoms. The first-order valence-electron chi connectivity index (χ1n) is 6.71. The Morgan fingerprint density at radius 2 is 2.19 bits per heavy atom. The molecule has 2 rings (SSSR count). The Kier molecular flexibility index (Phi) is 3.96. The van der Waals surface area contributed by atoms with E-state index in [-0.39, 0.29) is 12.4 Å². The fraction of sp³-hybridized carbons (Fsp3) is 0.833. The first-order chi connectivity index (χ1) is 9.69. The van der Waals surface area contributed by atoms with E-state index in [1.54, 1.807) is 13.8 Å². The minimum atomic E-state index is -2.95. The molecule has 8 nitrogen and oxygen atoms in total. The van der Waals surface area contributed by atoms with E-state index < -0.39 is 42.3 Å². The number of carbonyl (C=O) groups excluding carboxylic acids is 1. The van der Waals surface area contributed by atoms with Crippen molar-refractivity contribution in [1.82, 2.24) is 10.2 Å². The van der Waals surface area contributed by atoms with Gasteiger partial charge in [-0.1, -0.05) is 13.8 Å². The number of halogens is 1.